The SMILES string of the molecule is CCOc1cc(/C=C/C(=O)N(C)Cc2ccc(C(F)(F)F)cc2)ccc1OC(F)F. The Morgan fingerprint density at radius 2 is 1.77 bits per heavy atom. The first kappa shape index (κ1) is 23.2. The van der Waals surface area contributed by atoms with Crippen molar-refractivity contribution in [2.24, 2.45) is 0 Å². The highest BCUT2D eigenvalue weighted by Gasteiger charge is 2.29. The van der Waals surface area contributed by atoms with Crippen LogP contribution in [0.4, 0.5) is 22.0 Å². The van der Waals surface area contributed by atoms with E-state index in [4.69, 9.17) is 4.74 Å². The monoisotopic (exact) mass is 429 g/mol. The van der Waals surface area contributed by atoms with Gasteiger partial charge in [0.1, 0.15) is 0 Å². The van der Waals surface area contributed by atoms with E-state index in [1.807, 2.05) is 0 Å². The molecule has 0 spiro atoms. The fourth-order valence-electron chi connectivity index (χ4n) is 2.54. The first-order chi connectivity index (χ1) is 14.1. The lowest BCUT2D eigenvalue weighted by atomic mass is 10.1. The Balaban J connectivity index is 2.04. The molecule has 0 unspecified atom stereocenters. The zero-order valence-corrected chi connectivity index (χ0v) is 16.2. The summed E-state index contributed by atoms with van der Waals surface area (Å²) >= 11 is 0. The Labute approximate surface area is 170 Å². The Bertz CT molecular complexity index is 879. The second-order valence-corrected chi connectivity index (χ2v) is 6.24. The Kier molecular flexibility index (Phi) is 7.79. The van der Waals surface area contributed by atoms with Gasteiger partial charge < -0.3 is 14.4 Å². The molecule has 0 radical (unpaired) electrons. The second-order valence-electron chi connectivity index (χ2n) is 6.24. The smallest absolute Gasteiger partial charge is 0.416 e. The van der Waals surface area contributed by atoms with Crippen molar-refractivity contribution < 1.29 is 36.2 Å². The quantitative estimate of drug-likeness (QED) is 0.418. The molecule has 2 aromatic carbocycles. The van der Waals surface area contributed by atoms with E-state index in [0.29, 0.717) is 11.1 Å². The third-order valence-corrected chi connectivity index (χ3v) is 3.98. The van der Waals surface area contributed by atoms with Crippen LogP contribution >= 0.6 is 0 Å². The summed E-state index contributed by atoms with van der Waals surface area (Å²) in [4.78, 5) is 13.6. The van der Waals surface area contributed by atoms with Crippen molar-refractivity contribution in [3.8, 4) is 11.5 Å². The number of halogens is 5. The number of alkyl halides is 5. The summed E-state index contributed by atoms with van der Waals surface area (Å²) in [5.41, 5.74) is 0.306. The zero-order valence-electron chi connectivity index (χ0n) is 16.2. The molecule has 2 aromatic rings. The third kappa shape index (κ3) is 6.75. The van der Waals surface area contributed by atoms with Gasteiger partial charge in [-0.3, -0.25) is 4.79 Å². The van der Waals surface area contributed by atoms with Gasteiger partial charge in [0.25, 0.3) is 0 Å². The molecule has 162 valence electrons. The molecule has 0 aromatic heterocycles. The van der Waals surface area contributed by atoms with Gasteiger partial charge in [-0.15, -0.1) is 0 Å². The van der Waals surface area contributed by atoms with Gasteiger partial charge >= 0.3 is 12.8 Å². The average molecular weight is 429 g/mol. The molecule has 0 saturated carbocycles. The van der Waals surface area contributed by atoms with Gasteiger partial charge in [-0.05, 0) is 48.4 Å². The van der Waals surface area contributed by atoms with Crippen molar-refractivity contribution in [2.45, 2.75) is 26.3 Å². The fraction of sp³-hybridized carbons (Fsp3) is 0.286. The number of hydrogen-bond donors (Lipinski definition) is 0. The molecule has 9 heteroatoms. The lowest BCUT2D eigenvalue weighted by Crippen LogP contribution is -2.24. The number of ether oxygens (including phenoxy) is 2. The Morgan fingerprint density at radius 1 is 1.10 bits per heavy atom. The van der Waals surface area contributed by atoms with Gasteiger partial charge in [0.05, 0.1) is 12.2 Å². The molecule has 0 bridgehead atoms. The molecule has 2 rings (SSSR count). The summed E-state index contributed by atoms with van der Waals surface area (Å²) in [5.74, 6) is -0.388. The van der Waals surface area contributed by atoms with Crippen LogP contribution in [0.25, 0.3) is 6.08 Å². The molecular weight excluding hydrogens is 409 g/mol. The van der Waals surface area contributed by atoms with Crippen LogP contribution in [-0.4, -0.2) is 31.1 Å². The summed E-state index contributed by atoms with van der Waals surface area (Å²) in [5, 5.41) is 0. The predicted octanol–water partition coefficient (Wildman–Crippen LogP) is 5.38. The van der Waals surface area contributed by atoms with Crippen molar-refractivity contribution in [1.29, 1.82) is 0 Å². The maximum atomic E-state index is 12.6. The van der Waals surface area contributed by atoms with E-state index in [0.717, 1.165) is 12.1 Å². The molecule has 0 N–H and O–H groups in total. The van der Waals surface area contributed by atoms with Gasteiger partial charge in [-0.2, -0.15) is 22.0 Å². The molecule has 0 aliphatic rings. The second kappa shape index (κ2) is 10.1. The van der Waals surface area contributed by atoms with Crippen LogP contribution in [-0.2, 0) is 17.5 Å². The minimum Gasteiger partial charge on any atom is -0.490 e. The van der Waals surface area contributed by atoms with Crippen molar-refractivity contribution in [2.75, 3.05) is 13.7 Å². The summed E-state index contributed by atoms with van der Waals surface area (Å²) in [6.45, 7) is -0.950. The number of carbonyl (C=O) groups excluding carboxylic acids is 1. The van der Waals surface area contributed by atoms with Crippen LogP contribution < -0.4 is 9.47 Å². The molecule has 0 heterocycles. The standard InChI is InChI=1S/C21H20F5NO3/c1-3-29-18-12-14(6-10-17(18)30-20(22)23)7-11-19(28)27(2)13-15-4-8-16(9-5-15)21(24,25)26/h4-12,20H,3,13H2,1-2H3/b11-7+. The normalized spacial score (nSPS) is 11.7. The van der Waals surface area contributed by atoms with Gasteiger partial charge in [0.15, 0.2) is 11.5 Å². The average Bonchev–Trinajstić information content (AvgIpc) is 2.67. The van der Waals surface area contributed by atoms with Crippen LogP contribution in [0.1, 0.15) is 23.6 Å². The summed E-state index contributed by atoms with van der Waals surface area (Å²) in [6, 6.07) is 8.80. The number of amides is 1. The Hall–Kier alpha value is -3.10. The van der Waals surface area contributed by atoms with E-state index in [9.17, 15) is 26.7 Å². The van der Waals surface area contributed by atoms with Crippen LogP contribution in [0, 0.1) is 0 Å². The summed E-state index contributed by atoms with van der Waals surface area (Å²) < 4.78 is 72.4. The lowest BCUT2D eigenvalue weighted by Gasteiger charge is -2.16. The highest BCUT2D eigenvalue weighted by Crippen LogP contribution is 2.31. The van der Waals surface area contributed by atoms with E-state index in [2.05, 4.69) is 4.74 Å². The van der Waals surface area contributed by atoms with Gasteiger partial charge in [-0.1, -0.05) is 18.2 Å². The molecule has 0 saturated heterocycles. The van der Waals surface area contributed by atoms with Gasteiger partial charge in [0.2, 0.25) is 5.91 Å². The molecule has 30 heavy (non-hydrogen) atoms. The summed E-state index contributed by atoms with van der Waals surface area (Å²) in [6.07, 6.45) is -1.68. The zero-order chi connectivity index (χ0) is 22.3. The molecule has 0 aliphatic heterocycles. The van der Waals surface area contributed by atoms with E-state index in [1.54, 1.807) is 6.92 Å². The fourth-order valence-corrected chi connectivity index (χ4v) is 2.54. The number of benzene rings is 2. The van der Waals surface area contributed by atoms with E-state index in [1.165, 1.54) is 54.4 Å². The molecule has 0 atom stereocenters. The van der Waals surface area contributed by atoms with Crippen LogP contribution in [0.5, 0.6) is 11.5 Å². The van der Waals surface area contributed by atoms with Crippen LogP contribution in [0.3, 0.4) is 0 Å². The largest absolute Gasteiger partial charge is 0.490 e. The Morgan fingerprint density at radius 3 is 2.33 bits per heavy atom. The topological polar surface area (TPSA) is 38.8 Å². The van der Waals surface area contributed by atoms with Crippen molar-refractivity contribution in [3.05, 3.63) is 65.2 Å². The van der Waals surface area contributed by atoms with E-state index < -0.39 is 18.4 Å². The highest BCUT2D eigenvalue weighted by atomic mass is 19.4. The molecular formula is C21H20F5NO3. The number of nitrogens with zero attached hydrogens (tertiary/aromatic N) is 1. The summed E-state index contributed by atoms with van der Waals surface area (Å²) in [7, 11) is 1.51. The number of likely N-dealkylation sites (N-methyl/N-ethyl adjacent to an activating group) is 1. The van der Waals surface area contributed by atoms with Crippen LogP contribution in [0.15, 0.2) is 48.5 Å². The third-order valence-electron chi connectivity index (χ3n) is 3.98. The van der Waals surface area contributed by atoms with Crippen molar-refractivity contribution in [3.63, 3.8) is 0 Å². The minimum absolute atomic E-state index is 0.116. The van der Waals surface area contributed by atoms with Gasteiger partial charge in [0, 0.05) is 19.7 Å². The van der Waals surface area contributed by atoms with E-state index in [-0.39, 0.29) is 30.6 Å². The number of rotatable bonds is 8. The molecule has 4 nitrogen and oxygen atoms in total. The minimum atomic E-state index is -4.42. The number of carbonyl (C=O) groups is 1. The van der Waals surface area contributed by atoms with Crippen LogP contribution in [0.2, 0.25) is 0 Å². The number of hydrogen-bond acceptors (Lipinski definition) is 3. The first-order valence-corrected chi connectivity index (χ1v) is 8.91. The molecule has 0 aliphatic carbocycles. The maximum absolute atomic E-state index is 12.6. The highest BCUT2D eigenvalue weighted by molar-refractivity contribution is 5.91. The first-order valence-electron chi connectivity index (χ1n) is 8.91. The van der Waals surface area contributed by atoms with Crippen molar-refractivity contribution in [1.82, 2.24) is 4.90 Å². The lowest BCUT2D eigenvalue weighted by molar-refractivity contribution is -0.137. The molecule has 1 amide bonds. The van der Waals surface area contributed by atoms with E-state index >= 15 is 0 Å². The van der Waals surface area contributed by atoms with Gasteiger partial charge in [-0.25, -0.2) is 0 Å². The molecule has 0 fully saturated rings. The van der Waals surface area contributed by atoms with Crippen molar-refractivity contribution >= 4 is 12.0 Å². The maximum Gasteiger partial charge on any atom is 0.416 e. The predicted molar refractivity (Wildman–Crippen MR) is 101 cm³/mol.